The van der Waals surface area contributed by atoms with Crippen LogP contribution in [0.4, 0.5) is 13.9 Å². The summed E-state index contributed by atoms with van der Waals surface area (Å²) < 4.78 is 31.7. The summed E-state index contributed by atoms with van der Waals surface area (Å²) in [7, 11) is 1.36. The zero-order chi connectivity index (χ0) is 21.7. The zero-order valence-electron chi connectivity index (χ0n) is 15.6. The Morgan fingerprint density at radius 3 is 2.67 bits per heavy atom. The van der Waals surface area contributed by atoms with Gasteiger partial charge >= 0.3 is 0 Å². The Balaban J connectivity index is 1.65. The average Bonchev–Trinajstić information content (AvgIpc) is 3.40. The second-order valence-electron chi connectivity index (χ2n) is 6.04. The first kappa shape index (κ1) is 21.1. The molecule has 30 heavy (non-hydrogen) atoms. The Morgan fingerprint density at radius 1 is 1.20 bits per heavy atom. The number of carbonyl (C=O) groups is 3. The van der Waals surface area contributed by atoms with Crippen LogP contribution in [0.3, 0.4) is 0 Å². The molecule has 1 unspecified atom stereocenters. The molecule has 156 valence electrons. The van der Waals surface area contributed by atoms with Crippen LogP contribution in [-0.2, 0) is 16.0 Å². The number of halogens is 2. The SMILES string of the molecule is CNC(=O)C(NC(=O)Cc1csc(NC(=O)c2ccco2)n1)c1ccc(F)c(F)c1. The van der Waals surface area contributed by atoms with E-state index in [9.17, 15) is 23.2 Å². The minimum Gasteiger partial charge on any atom is -0.459 e. The van der Waals surface area contributed by atoms with E-state index in [1.807, 2.05) is 0 Å². The van der Waals surface area contributed by atoms with Gasteiger partial charge < -0.3 is 15.1 Å². The van der Waals surface area contributed by atoms with Gasteiger partial charge in [-0.05, 0) is 29.8 Å². The number of nitrogens with zero attached hydrogens (tertiary/aromatic N) is 1. The lowest BCUT2D eigenvalue weighted by Crippen LogP contribution is -2.39. The molecule has 0 saturated carbocycles. The number of anilines is 1. The predicted octanol–water partition coefficient (Wildman–Crippen LogP) is 2.41. The number of hydrogen-bond acceptors (Lipinski definition) is 6. The van der Waals surface area contributed by atoms with E-state index in [0.29, 0.717) is 5.69 Å². The number of aromatic nitrogens is 1. The van der Waals surface area contributed by atoms with E-state index in [4.69, 9.17) is 4.42 Å². The molecule has 0 bridgehead atoms. The Morgan fingerprint density at radius 2 is 2.00 bits per heavy atom. The number of benzene rings is 1. The van der Waals surface area contributed by atoms with Crippen molar-refractivity contribution in [1.82, 2.24) is 15.6 Å². The minimum atomic E-state index is -1.21. The minimum absolute atomic E-state index is 0.0891. The van der Waals surface area contributed by atoms with Gasteiger partial charge in [0.25, 0.3) is 5.91 Å². The summed E-state index contributed by atoms with van der Waals surface area (Å²) in [5.41, 5.74) is 0.444. The first-order valence-electron chi connectivity index (χ1n) is 8.62. The lowest BCUT2D eigenvalue weighted by atomic mass is 10.1. The standard InChI is InChI=1S/C19H16F2N4O4S/c1-22-18(28)16(10-4-5-12(20)13(21)7-10)24-15(26)8-11-9-30-19(23-11)25-17(27)14-3-2-6-29-14/h2-7,9,16H,8H2,1H3,(H,22,28)(H,24,26)(H,23,25,27). The molecule has 3 amide bonds. The van der Waals surface area contributed by atoms with E-state index < -0.39 is 35.4 Å². The van der Waals surface area contributed by atoms with Crippen LogP contribution >= 0.6 is 11.3 Å². The van der Waals surface area contributed by atoms with Crippen LogP contribution in [0.5, 0.6) is 0 Å². The summed E-state index contributed by atoms with van der Waals surface area (Å²) >= 11 is 1.11. The maximum atomic E-state index is 13.5. The first-order chi connectivity index (χ1) is 14.4. The number of carbonyl (C=O) groups excluding carboxylic acids is 3. The van der Waals surface area contributed by atoms with Crippen LogP contribution in [0.25, 0.3) is 0 Å². The van der Waals surface area contributed by atoms with Crippen molar-refractivity contribution >= 4 is 34.2 Å². The van der Waals surface area contributed by atoms with Crippen molar-refractivity contribution in [3.8, 4) is 0 Å². The third-order valence-electron chi connectivity index (χ3n) is 3.95. The summed E-state index contributed by atoms with van der Waals surface area (Å²) in [6, 6.07) is 4.79. The molecule has 1 aromatic carbocycles. The third kappa shape index (κ3) is 5.06. The van der Waals surface area contributed by atoms with E-state index in [-0.39, 0.29) is 22.9 Å². The van der Waals surface area contributed by atoms with E-state index >= 15 is 0 Å². The highest BCUT2D eigenvalue weighted by Crippen LogP contribution is 2.19. The summed E-state index contributed by atoms with van der Waals surface area (Å²) in [5.74, 6) is -3.73. The molecule has 0 fully saturated rings. The van der Waals surface area contributed by atoms with Crippen molar-refractivity contribution in [3.63, 3.8) is 0 Å². The van der Waals surface area contributed by atoms with Gasteiger partial charge in [0.15, 0.2) is 22.5 Å². The monoisotopic (exact) mass is 434 g/mol. The van der Waals surface area contributed by atoms with Gasteiger partial charge in [0, 0.05) is 12.4 Å². The van der Waals surface area contributed by atoms with Crippen molar-refractivity contribution < 1.29 is 27.6 Å². The summed E-state index contributed by atoms with van der Waals surface area (Å²) in [6.07, 6.45) is 1.17. The van der Waals surface area contributed by atoms with E-state index in [1.54, 1.807) is 11.4 Å². The smallest absolute Gasteiger partial charge is 0.293 e. The molecule has 3 rings (SSSR count). The second-order valence-corrected chi connectivity index (χ2v) is 6.90. The molecule has 3 N–H and O–H groups in total. The van der Waals surface area contributed by atoms with Crippen LogP contribution in [0.1, 0.15) is 27.9 Å². The number of amides is 3. The lowest BCUT2D eigenvalue weighted by Gasteiger charge is -2.17. The van der Waals surface area contributed by atoms with Crippen molar-refractivity contribution in [1.29, 1.82) is 0 Å². The molecule has 0 aliphatic rings. The highest BCUT2D eigenvalue weighted by molar-refractivity contribution is 7.14. The van der Waals surface area contributed by atoms with Crippen molar-refractivity contribution in [2.75, 3.05) is 12.4 Å². The van der Waals surface area contributed by atoms with Crippen LogP contribution < -0.4 is 16.0 Å². The Hall–Kier alpha value is -3.60. The molecular formula is C19H16F2N4O4S. The van der Waals surface area contributed by atoms with Gasteiger partial charge in [-0.3, -0.25) is 19.7 Å². The summed E-state index contributed by atoms with van der Waals surface area (Å²) in [4.78, 5) is 40.6. The molecule has 2 heterocycles. The Bertz CT molecular complexity index is 1070. The molecule has 11 heteroatoms. The summed E-state index contributed by atoms with van der Waals surface area (Å²) in [6.45, 7) is 0. The average molecular weight is 434 g/mol. The molecular weight excluding hydrogens is 418 g/mol. The number of likely N-dealkylation sites (N-methyl/N-ethyl adjacent to an activating group) is 1. The predicted molar refractivity (Wildman–Crippen MR) is 104 cm³/mol. The number of rotatable bonds is 7. The normalized spacial score (nSPS) is 11.6. The Kier molecular flexibility index (Phi) is 6.52. The highest BCUT2D eigenvalue weighted by atomic mass is 32.1. The van der Waals surface area contributed by atoms with E-state index in [0.717, 1.165) is 23.5 Å². The number of thiazole rings is 1. The fourth-order valence-corrected chi connectivity index (χ4v) is 3.23. The highest BCUT2D eigenvalue weighted by Gasteiger charge is 2.23. The van der Waals surface area contributed by atoms with Crippen molar-refractivity contribution in [2.45, 2.75) is 12.5 Å². The third-order valence-corrected chi connectivity index (χ3v) is 4.76. The zero-order valence-corrected chi connectivity index (χ0v) is 16.4. The van der Waals surface area contributed by atoms with Crippen molar-refractivity contribution in [3.05, 3.63) is 70.6 Å². The molecule has 0 radical (unpaired) electrons. The molecule has 8 nitrogen and oxygen atoms in total. The molecule has 2 aromatic heterocycles. The largest absolute Gasteiger partial charge is 0.459 e. The fraction of sp³-hybridized carbons (Fsp3) is 0.158. The summed E-state index contributed by atoms with van der Waals surface area (Å²) in [5, 5.41) is 9.22. The number of nitrogens with one attached hydrogen (secondary N) is 3. The van der Waals surface area contributed by atoms with Gasteiger partial charge in [0.1, 0.15) is 6.04 Å². The maximum Gasteiger partial charge on any atom is 0.293 e. The van der Waals surface area contributed by atoms with Crippen LogP contribution in [-0.4, -0.2) is 29.8 Å². The first-order valence-corrected chi connectivity index (χ1v) is 9.50. The van der Waals surface area contributed by atoms with E-state index in [2.05, 4.69) is 20.9 Å². The molecule has 3 aromatic rings. The lowest BCUT2D eigenvalue weighted by molar-refractivity contribution is -0.128. The van der Waals surface area contributed by atoms with Gasteiger partial charge in [-0.2, -0.15) is 0 Å². The number of hydrogen-bond donors (Lipinski definition) is 3. The molecule has 1 atom stereocenters. The van der Waals surface area contributed by atoms with E-state index in [1.165, 1.54) is 25.4 Å². The molecule has 0 aliphatic heterocycles. The Labute approximate surface area is 173 Å². The van der Waals surface area contributed by atoms with Crippen molar-refractivity contribution in [2.24, 2.45) is 0 Å². The van der Waals surface area contributed by atoms with Gasteiger partial charge in [0.05, 0.1) is 18.4 Å². The van der Waals surface area contributed by atoms with Crippen LogP contribution in [0.2, 0.25) is 0 Å². The fourth-order valence-electron chi connectivity index (χ4n) is 2.53. The molecule has 0 saturated heterocycles. The molecule has 0 spiro atoms. The number of furan rings is 1. The topological polar surface area (TPSA) is 113 Å². The van der Waals surface area contributed by atoms with Crippen LogP contribution in [0, 0.1) is 11.6 Å². The molecule has 0 aliphatic carbocycles. The van der Waals surface area contributed by atoms with Gasteiger partial charge in [-0.15, -0.1) is 11.3 Å². The van der Waals surface area contributed by atoms with Gasteiger partial charge in [0.2, 0.25) is 11.8 Å². The quantitative estimate of drug-likeness (QED) is 0.529. The van der Waals surface area contributed by atoms with Gasteiger partial charge in [-0.25, -0.2) is 13.8 Å². The van der Waals surface area contributed by atoms with Crippen LogP contribution in [0.15, 0.2) is 46.4 Å². The maximum absolute atomic E-state index is 13.5. The second kappa shape index (κ2) is 9.27. The van der Waals surface area contributed by atoms with Gasteiger partial charge in [-0.1, -0.05) is 6.07 Å².